The fraction of sp³-hybridized carbons (Fsp3) is 0.139. The first-order valence-corrected chi connectivity index (χ1v) is 14.4. The van der Waals surface area contributed by atoms with E-state index in [0.717, 1.165) is 32.3 Å². The van der Waals surface area contributed by atoms with Crippen molar-refractivity contribution in [2.75, 3.05) is 0 Å². The first-order valence-electron chi connectivity index (χ1n) is 14.4. The van der Waals surface area contributed by atoms with Gasteiger partial charge in [-0.05, 0) is 73.7 Å². The SMILES string of the molecule is CC(=O)O[C@H]1[C@@H](OC(=O)c2ccccc2)[C@H](OC(=O)c2ccccc2)c2cc3ccc4cccc5ccc(c2[C@H]1N=[N+]=[N-])c3c45. The molecule has 0 aromatic heterocycles. The molecule has 220 valence electrons. The molecule has 0 saturated heterocycles. The van der Waals surface area contributed by atoms with Gasteiger partial charge in [0.05, 0.1) is 11.1 Å². The largest absolute Gasteiger partial charge is 0.458 e. The molecular formula is C36H25N3O6. The Balaban J connectivity index is 1.50. The van der Waals surface area contributed by atoms with Crippen LogP contribution in [0.2, 0.25) is 0 Å². The molecule has 1 aliphatic rings. The Labute approximate surface area is 256 Å². The van der Waals surface area contributed by atoms with Gasteiger partial charge in [-0.2, -0.15) is 0 Å². The van der Waals surface area contributed by atoms with Gasteiger partial charge in [0.15, 0.2) is 18.3 Å². The van der Waals surface area contributed by atoms with E-state index < -0.39 is 42.3 Å². The highest BCUT2D eigenvalue weighted by atomic mass is 16.6. The highest BCUT2D eigenvalue weighted by molar-refractivity contribution is 6.24. The van der Waals surface area contributed by atoms with Crippen molar-refractivity contribution in [3.63, 3.8) is 0 Å². The molecule has 7 rings (SSSR count). The van der Waals surface area contributed by atoms with Crippen LogP contribution in [0.25, 0.3) is 42.8 Å². The molecule has 1 aliphatic carbocycles. The van der Waals surface area contributed by atoms with E-state index in [1.54, 1.807) is 60.7 Å². The maximum atomic E-state index is 13.6. The molecule has 4 atom stereocenters. The average Bonchev–Trinajstić information content (AvgIpc) is 3.06. The van der Waals surface area contributed by atoms with Gasteiger partial charge < -0.3 is 14.2 Å². The third-order valence-corrected chi connectivity index (χ3v) is 8.23. The summed E-state index contributed by atoms with van der Waals surface area (Å²) in [5.41, 5.74) is 11.3. The summed E-state index contributed by atoms with van der Waals surface area (Å²) < 4.78 is 18.0. The van der Waals surface area contributed by atoms with Crippen LogP contribution in [0, 0.1) is 0 Å². The first kappa shape index (κ1) is 27.9. The highest BCUT2D eigenvalue weighted by Gasteiger charge is 2.50. The summed E-state index contributed by atoms with van der Waals surface area (Å²) in [4.78, 5) is 42.8. The summed E-state index contributed by atoms with van der Waals surface area (Å²) in [6.07, 6.45) is -3.90. The van der Waals surface area contributed by atoms with Gasteiger partial charge in [0, 0.05) is 17.4 Å². The third kappa shape index (κ3) is 4.85. The number of hydrogen-bond acceptors (Lipinski definition) is 7. The Hall–Kier alpha value is -5.92. The first-order chi connectivity index (χ1) is 21.9. The van der Waals surface area contributed by atoms with Crippen molar-refractivity contribution < 1.29 is 28.6 Å². The minimum absolute atomic E-state index is 0.244. The van der Waals surface area contributed by atoms with E-state index in [0.29, 0.717) is 11.1 Å². The molecule has 6 aromatic carbocycles. The topological polar surface area (TPSA) is 128 Å². The standard InChI is InChI=1S/C36H25N3O6/c1-20(40)43-33-31(38-39-37)30-26-18-17-22-14-8-13-21-15-16-25(29(26)28(21)22)19-27(30)32(44-35(41)23-9-4-2-5-10-23)34(33)45-36(42)24-11-6-3-7-12-24/h2-19,31-34H,1H3/t31-,32-,33-,34+/m1/s1. The molecule has 0 aliphatic heterocycles. The van der Waals surface area contributed by atoms with Crippen LogP contribution in [-0.4, -0.2) is 30.1 Å². The molecule has 0 heterocycles. The van der Waals surface area contributed by atoms with Crippen LogP contribution in [-0.2, 0) is 19.0 Å². The van der Waals surface area contributed by atoms with E-state index in [1.165, 1.54) is 6.92 Å². The van der Waals surface area contributed by atoms with Gasteiger partial charge >= 0.3 is 17.9 Å². The zero-order valence-electron chi connectivity index (χ0n) is 24.0. The number of ether oxygens (including phenoxy) is 3. The molecule has 0 amide bonds. The van der Waals surface area contributed by atoms with Crippen LogP contribution < -0.4 is 0 Å². The molecule has 9 heteroatoms. The number of esters is 3. The van der Waals surface area contributed by atoms with Crippen molar-refractivity contribution in [3.05, 3.63) is 142 Å². The minimum atomic E-state index is -1.36. The molecule has 9 nitrogen and oxygen atoms in total. The van der Waals surface area contributed by atoms with Crippen molar-refractivity contribution >= 4 is 50.2 Å². The Morgan fingerprint density at radius 2 is 1.27 bits per heavy atom. The second-order valence-electron chi connectivity index (χ2n) is 10.9. The smallest absolute Gasteiger partial charge is 0.338 e. The van der Waals surface area contributed by atoms with Gasteiger partial charge in [-0.25, -0.2) is 9.59 Å². The van der Waals surface area contributed by atoms with Crippen molar-refractivity contribution in [2.24, 2.45) is 5.11 Å². The molecule has 45 heavy (non-hydrogen) atoms. The van der Waals surface area contributed by atoms with Gasteiger partial charge in [-0.3, -0.25) is 4.79 Å². The summed E-state index contributed by atoms with van der Waals surface area (Å²) in [5.74, 6) is -2.08. The number of fused-ring (bicyclic) bond motifs is 2. The van der Waals surface area contributed by atoms with Gasteiger partial charge in [0.25, 0.3) is 0 Å². The molecular weight excluding hydrogens is 570 g/mol. The van der Waals surface area contributed by atoms with Crippen molar-refractivity contribution in [2.45, 2.75) is 31.3 Å². The third-order valence-electron chi connectivity index (χ3n) is 8.23. The molecule has 0 unspecified atom stereocenters. The lowest BCUT2D eigenvalue weighted by atomic mass is 9.77. The Bertz CT molecular complexity index is 2130. The monoisotopic (exact) mass is 595 g/mol. The van der Waals surface area contributed by atoms with Crippen LogP contribution in [0.3, 0.4) is 0 Å². The van der Waals surface area contributed by atoms with E-state index in [4.69, 9.17) is 14.2 Å². The summed E-state index contributed by atoms with van der Waals surface area (Å²) in [7, 11) is 0. The molecule has 0 saturated carbocycles. The lowest BCUT2D eigenvalue weighted by Crippen LogP contribution is -2.47. The number of carbonyl (C=O) groups excluding carboxylic acids is 3. The Morgan fingerprint density at radius 1 is 0.667 bits per heavy atom. The van der Waals surface area contributed by atoms with E-state index in [2.05, 4.69) is 10.0 Å². The molecule has 0 spiro atoms. The lowest BCUT2D eigenvalue weighted by molar-refractivity contribution is -0.163. The number of hydrogen-bond donors (Lipinski definition) is 0. The minimum Gasteiger partial charge on any atom is -0.458 e. The summed E-state index contributed by atoms with van der Waals surface area (Å²) in [6, 6.07) is 31.4. The van der Waals surface area contributed by atoms with Crippen molar-refractivity contribution in [1.29, 1.82) is 0 Å². The van der Waals surface area contributed by atoms with Crippen molar-refractivity contribution in [3.8, 4) is 0 Å². The van der Waals surface area contributed by atoms with Gasteiger partial charge in [-0.15, -0.1) is 0 Å². The Morgan fingerprint density at radius 3 is 1.89 bits per heavy atom. The summed E-state index contributed by atoms with van der Waals surface area (Å²) in [6.45, 7) is 1.22. The van der Waals surface area contributed by atoms with Crippen LogP contribution in [0.5, 0.6) is 0 Å². The lowest BCUT2D eigenvalue weighted by Gasteiger charge is -2.41. The van der Waals surface area contributed by atoms with Gasteiger partial charge in [0.2, 0.25) is 0 Å². The Kier molecular flexibility index (Phi) is 7.00. The van der Waals surface area contributed by atoms with E-state index >= 15 is 0 Å². The highest BCUT2D eigenvalue weighted by Crippen LogP contribution is 2.50. The van der Waals surface area contributed by atoms with Crippen LogP contribution in [0.4, 0.5) is 0 Å². The van der Waals surface area contributed by atoms with Gasteiger partial charge in [-0.1, -0.05) is 84.0 Å². The number of azide groups is 1. The number of nitrogens with zero attached hydrogens (tertiary/aromatic N) is 3. The second kappa shape index (κ2) is 11.3. The predicted octanol–water partition coefficient (Wildman–Crippen LogP) is 8.00. The molecule has 0 radical (unpaired) electrons. The van der Waals surface area contributed by atoms with Crippen LogP contribution >= 0.6 is 0 Å². The molecule has 0 N–H and O–H groups in total. The number of carbonyl (C=O) groups is 3. The summed E-state index contributed by atoms with van der Waals surface area (Å²) >= 11 is 0. The quantitative estimate of drug-likeness (QED) is 0.0479. The maximum absolute atomic E-state index is 13.6. The van der Waals surface area contributed by atoms with Crippen LogP contribution in [0.1, 0.15) is 50.9 Å². The zero-order chi connectivity index (χ0) is 31.1. The fourth-order valence-corrected chi connectivity index (χ4v) is 6.40. The fourth-order valence-electron chi connectivity index (χ4n) is 6.40. The molecule has 0 bridgehead atoms. The van der Waals surface area contributed by atoms with Gasteiger partial charge in [0.1, 0.15) is 6.04 Å². The number of rotatable bonds is 6. The molecule has 0 fully saturated rings. The zero-order valence-corrected chi connectivity index (χ0v) is 24.0. The summed E-state index contributed by atoms with van der Waals surface area (Å²) in [5, 5.41) is 9.72. The van der Waals surface area contributed by atoms with Crippen molar-refractivity contribution in [1.82, 2.24) is 0 Å². The van der Waals surface area contributed by atoms with E-state index in [-0.39, 0.29) is 11.1 Å². The average molecular weight is 596 g/mol. The van der Waals surface area contributed by atoms with Crippen LogP contribution in [0.15, 0.2) is 114 Å². The molecule has 6 aromatic rings. The maximum Gasteiger partial charge on any atom is 0.338 e. The number of benzene rings is 6. The van der Waals surface area contributed by atoms with E-state index in [9.17, 15) is 19.9 Å². The normalized spacial score (nSPS) is 19.0. The predicted molar refractivity (Wildman–Crippen MR) is 168 cm³/mol. The second-order valence-corrected chi connectivity index (χ2v) is 10.9. The van der Waals surface area contributed by atoms with E-state index in [1.807, 2.05) is 48.5 Å².